The zero-order valence-corrected chi connectivity index (χ0v) is 12.7. The van der Waals surface area contributed by atoms with E-state index in [1.54, 1.807) is 12.1 Å². The molecular formula is C10H8ClIN6O2. The Hall–Kier alpha value is -1.72. The van der Waals surface area contributed by atoms with Crippen molar-refractivity contribution in [2.75, 3.05) is 10.7 Å². The summed E-state index contributed by atoms with van der Waals surface area (Å²) >= 11 is 8.17. The molecule has 0 spiro atoms. The second kappa shape index (κ2) is 6.15. The lowest BCUT2D eigenvalue weighted by molar-refractivity contribution is -0.384. The second-order valence-corrected chi connectivity index (χ2v) is 5.23. The van der Waals surface area contributed by atoms with Gasteiger partial charge in [0.25, 0.3) is 0 Å². The van der Waals surface area contributed by atoms with Crippen molar-refractivity contribution in [1.82, 2.24) is 9.97 Å². The lowest BCUT2D eigenvalue weighted by Crippen LogP contribution is -2.12. The van der Waals surface area contributed by atoms with Gasteiger partial charge in [0.05, 0.1) is 15.6 Å². The number of rotatable bonds is 4. The van der Waals surface area contributed by atoms with Crippen molar-refractivity contribution >= 4 is 57.3 Å². The highest BCUT2D eigenvalue weighted by Gasteiger charge is 2.18. The van der Waals surface area contributed by atoms with Gasteiger partial charge in [-0.1, -0.05) is 11.6 Å². The van der Waals surface area contributed by atoms with Crippen LogP contribution in [0.1, 0.15) is 0 Å². The third kappa shape index (κ3) is 3.23. The highest BCUT2D eigenvalue weighted by molar-refractivity contribution is 14.1. The molecule has 0 unspecified atom stereocenters. The summed E-state index contributed by atoms with van der Waals surface area (Å²) in [5.74, 6) is 5.24. The van der Waals surface area contributed by atoms with Crippen LogP contribution in [0.25, 0.3) is 0 Å². The number of halogens is 2. The van der Waals surface area contributed by atoms with Crippen LogP contribution in [0.5, 0.6) is 0 Å². The Morgan fingerprint density at radius 2 is 2.20 bits per heavy atom. The molecule has 0 bridgehead atoms. The molecule has 0 saturated heterocycles. The Balaban J connectivity index is 2.43. The fraction of sp³-hybridized carbons (Fsp3) is 0. The van der Waals surface area contributed by atoms with Crippen LogP contribution in [0.2, 0.25) is 5.02 Å². The van der Waals surface area contributed by atoms with E-state index in [2.05, 4.69) is 43.3 Å². The van der Waals surface area contributed by atoms with Crippen LogP contribution in [0, 0.1) is 13.7 Å². The van der Waals surface area contributed by atoms with E-state index < -0.39 is 4.92 Å². The topological polar surface area (TPSA) is 119 Å². The molecule has 104 valence electrons. The molecule has 0 aliphatic carbocycles. The summed E-state index contributed by atoms with van der Waals surface area (Å²) < 4.78 is 0.944. The first-order valence-electron chi connectivity index (χ1n) is 5.21. The predicted octanol–water partition coefficient (Wildman–Crippen LogP) is 2.67. The molecule has 1 heterocycles. The lowest BCUT2D eigenvalue weighted by atomic mass is 10.3. The van der Waals surface area contributed by atoms with Crippen LogP contribution in [0.4, 0.5) is 23.1 Å². The van der Waals surface area contributed by atoms with E-state index in [4.69, 9.17) is 17.4 Å². The van der Waals surface area contributed by atoms with Gasteiger partial charge < -0.3 is 5.32 Å². The third-order valence-corrected chi connectivity index (χ3v) is 3.26. The van der Waals surface area contributed by atoms with Crippen LogP contribution >= 0.6 is 34.2 Å². The average molecular weight is 407 g/mol. The molecule has 1 aromatic heterocycles. The van der Waals surface area contributed by atoms with Crippen LogP contribution < -0.4 is 16.6 Å². The van der Waals surface area contributed by atoms with Gasteiger partial charge >= 0.3 is 5.69 Å². The minimum atomic E-state index is -0.594. The Morgan fingerprint density at radius 3 is 2.80 bits per heavy atom. The summed E-state index contributed by atoms with van der Waals surface area (Å²) in [7, 11) is 0. The van der Waals surface area contributed by atoms with Gasteiger partial charge in [-0.05, 0) is 40.8 Å². The summed E-state index contributed by atoms with van der Waals surface area (Å²) in [4.78, 5) is 18.0. The van der Waals surface area contributed by atoms with Crippen molar-refractivity contribution in [3.63, 3.8) is 0 Å². The molecule has 4 N–H and O–H groups in total. The van der Waals surface area contributed by atoms with Crippen molar-refractivity contribution in [1.29, 1.82) is 0 Å². The van der Waals surface area contributed by atoms with E-state index in [0.29, 0.717) is 10.7 Å². The van der Waals surface area contributed by atoms with Crippen LogP contribution in [0.3, 0.4) is 0 Å². The van der Waals surface area contributed by atoms with Crippen molar-refractivity contribution in [2.45, 2.75) is 0 Å². The molecule has 0 aliphatic heterocycles. The van der Waals surface area contributed by atoms with Crippen molar-refractivity contribution in [3.05, 3.63) is 43.1 Å². The maximum absolute atomic E-state index is 11.0. The van der Waals surface area contributed by atoms with Crippen molar-refractivity contribution in [2.24, 2.45) is 5.84 Å². The maximum atomic E-state index is 11.0. The minimum Gasteiger partial charge on any atom is -0.333 e. The number of nitro groups is 1. The monoisotopic (exact) mass is 406 g/mol. The molecule has 2 aromatic rings. The minimum absolute atomic E-state index is 0.000980. The molecule has 0 fully saturated rings. The number of nitrogens with two attached hydrogens (primary N) is 1. The van der Waals surface area contributed by atoms with E-state index in [1.807, 2.05) is 6.07 Å². The van der Waals surface area contributed by atoms with Crippen molar-refractivity contribution in [3.8, 4) is 0 Å². The molecule has 1 aromatic carbocycles. The Kier molecular flexibility index (Phi) is 4.52. The van der Waals surface area contributed by atoms with Crippen LogP contribution in [-0.2, 0) is 0 Å². The normalized spacial score (nSPS) is 10.2. The molecule has 20 heavy (non-hydrogen) atoms. The highest BCUT2D eigenvalue weighted by atomic mass is 127. The number of nitrogens with zero attached hydrogens (tertiary/aromatic N) is 3. The lowest BCUT2D eigenvalue weighted by Gasteiger charge is -2.09. The summed E-state index contributed by atoms with van der Waals surface area (Å²) in [6.07, 6.45) is 1.06. The first-order chi connectivity index (χ1) is 9.51. The summed E-state index contributed by atoms with van der Waals surface area (Å²) in [6.45, 7) is 0. The standard InChI is InChI=1S/C10H8ClIN6O2/c11-6-3-5(12)1-2-7(6)15-9-8(18(19)20)4-14-10(16-9)17-13/h1-4H,13H2,(H2,14,15,16,17). The van der Waals surface area contributed by atoms with Crippen LogP contribution in [-0.4, -0.2) is 14.9 Å². The van der Waals surface area contributed by atoms with E-state index in [-0.39, 0.29) is 17.5 Å². The first kappa shape index (κ1) is 14.7. The van der Waals surface area contributed by atoms with Crippen LogP contribution in [0.15, 0.2) is 24.4 Å². The maximum Gasteiger partial charge on any atom is 0.329 e. The molecule has 2 rings (SSSR count). The third-order valence-electron chi connectivity index (χ3n) is 2.28. The quantitative estimate of drug-likeness (QED) is 0.309. The van der Waals surface area contributed by atoms with Crippen molar-refractivity contribution < 1.29 is 4.92 Å². The number of hydrogen-bond donors (Lipinski definition) is 3. The number of nitrogen functional groups attached to an aromatic ring is 1. The Bertz CT molecular complexity index is 668. The molecule has 0 saturated carbocycles. The number of hydrazine groups is 1. The van der Waals surface area contributed by atoms with E-state index >= 15 is 0 Å². The SMILES string of the molecule is NNc1ncc([N+](=O)[O-])c(Nc2ccc(I)cc2Cl)n1. The molecule has 0 atom stereocenters. The van der Waals surface area contributed by atoms with Gasteiger partial charge in [-0.3, -0.25) is 15.5 Å². The number of hydrogen-bond acceptors (Lipinski definition) is 7. The van der Waals surface area contributed by atoms with Gasteiger partial charge in [0.1, 0.15) is 6.20 Å². The summed E-state index contributed by atoms with van der Waals surface area (Å²) in [6, 6.07) is 5.23. The summed E-state index contributed by atoms with van der Waals surface area (Å²) in [5.41, 5.74) is 2.44. The van der Waals surface area contributed by atoms with Gasteiger partial charge in [0, 0.05) is 3.57 Å². The molecular weight excluding hydrogens is 399 g/mol. The van der Waals surface area contributed by atoms with E-state index in [9.17, 15) is 10.1 Å². The number of nitrogens with one attached hydrogen (secondary N) is 2. The smallest absolute Gasteiger partial charge is 0.329 e. The second-order valence-electron chi connectivity index (χ2n) is 3.58. The predicted molar refractivity (Wildman–Crippen MR) is 83.9 cm³/mol. The van der Waals surface area contributed by atoms with Gasteiger partial charge in [-0.2, -0.15) is 4.98 Å². The molecule has 8 nitrogen and oxygen atoms in total. The molecule has 10 heteroatoms. The van der Waals surface area contributed by atoms with Gasteiger partial charge in [-0.25, -0.2) is 10.8 Å². The number of benzene rings is 1. The number of aromatic nitrogens is 2. The first-order valence-corrected chi connectivity index (χ1v) is 6.67. The van der Waals surface area contributed by atoms with Gasteiger partial charge in [-0.15, -0.1) is 0 Å². The fourth-order valence-electron chi connectivity index (χ4n) is 1.39. The zero-order chi connectivity index (χ0) is 14.7. The molecule has 0 amide bonds. The van der Waals surface area contributed by atoms with E-state index in [0.717, 1.165) is 9.77 Å². The summed E-state index contributed by atoms with van der Waals surface area (Å²) in [5, 5.41) is 14.2. The van der Waals surface area contributed by atoms with Gasteiger partial charge in [0.15, 0.2) is 0 Å². The molecule has 0 radical (unpaired) electrons. The highest BCUT2D eigenvalue weighted by Crippen LogP contribution is 2.30. The van der Waals surface area contributed by atoms with Gasteiger partial charge in [0.2, 0.25) is 11.8 Å². The zero-order valence-electron chi connectivity index (χ0n) is 9.80. The molecule has 0 aliphatic rings. The number of anilines is 3. The Labute approximate surface area is 132 Å². The fourth-order valence-corrected chi connectivity index (χ4v) is 2.29. The van der Waals surface area contributed by atoms with E-state index in [1.165, 1.54) is 0 Å². The average Bonchev–Trinajstić information content (AvgIpc) is 2.41. The largest absolute Gasteiger partial charge is 0.333 e. The Morgan fingerprint density at radius 1 is 1.45 bits per heavy atom.